The predicted molar refractivity (Wildman–Crippen MR) is 68.3 cm³/mol. The molecular formula is C11H14INO2. The van der Waals surface area contributed by atoms with Gasteiger partial charge in [-0.25, -0.2) is 0 Å². The van der Waals surface area contributed by atoms with Gasteiger partial charge < -0.3 is 4.74 Å². The van der Waals surface area contributed by atoms with E-state index < -0.39 is 6.10 Å². The first-order valence-electron chi connectivity index (χ1n) is 4.75. The molecule has 1 rings (SSSR count). The van der Waals surface area contributed by atoms with Gasteiger partial charge in [0.2, 0.25) is 0 Å². The van der Waals surface area contributed by atoms with Gasteiger partial charge in [-0.05, 0) is 25.0 Å². The Labute approximate surface area is 104 Å². The maximum absolute atomic E-state index is 11.4. The van der Waals surface area contributed by atoms with Crippen LogP contribution in [0.15, 0.2) is 36.1 Å². The van der Waals surface area contributed by atoms with Gasteiger partial charge in [0, 0.05) is 6.42 Å². The van der Waals surface area contributed by atoms with E-state index in [9.17, 15) is 4.79 Å². The van der Waals surface area contributed by atoms with Crippen molar-refractivity contribution in [3.05, 3.63) is 36.1 Å². The molecule has 0 fully saturated rings. The third-order valence-corrected chi connectivity index (χ3v) is 2.71. The van der Waals surface area contributed by atoms with Gasteiger partial charge in [-0.1, -0.05) is 18.7 Å². The molecule has 1 unspecified atom stereocenters. The van der Waals surface area contributed by atoms with E-state index in [1.807, 2.05) is 13.0 Å². The Morgan fingerprint density at radius 3 is 3.07 bits per heavy atom. The number of rotatable bonds is 4. The standard InChI is InChI=1S/C11H14INO2/c1-3-9(11(14)13-12)15-10-7-5-4-6-8(10)2/h3-4,6,9H,1,5,7H2,2H3,(H,13,14). The Morgan fingerprint density at radius 1 is 1.80 bits per heavy atom. The molecule has 0 aliphatic heterocycles. The first-order chi connectivity index (χ1) is 7.19. The van der Waals surface area contributed by atoms with Crippen LogP contribution in [-0.2, 0) is 9.53 Å². The Bertz CT molecular complexity index is 321. The van der Waals surface area contributed by atoms with Crippen molar-refractivity contribution < 1.29 is 9.53 Å². The molecule has 1 amide bonds. The molecule has 1 atom stereocenters. The van der Waals surface area contributed by atoms with Crippen LogP contribution in [0.3, 0.4) is 0 Å². The van der Waals surface area contributed by atoms with Gasteiger partial charge in [-0.2, -0.15) is 0 Å². The third kappa shape index (κ3) is 3.37. The Hall–Kier alpha value is -0.780. The average Bonchev–Trinajstić information content (AvgIpc) is 2.27. The van der Waals surface area contributed by atoms with E-state index in [4.69, 9.17) is 4.74 Å². The van der Waals surface area contributed by atoms with Crippen molar-refractivity contribution in [3.63, 3.8) is 0 Å². The van der Waals surface area contributed by atoms with Gasteiger partial charge in [0.15, 0.2) is 6.10 Å². The van der Waals surface area contributed by atoms with E-state index in [1.54, 1.807) is 22.9 Å². The molecule has 0 bridgehead atoms. The molecule has 0 aromatic heterocycles. The van der Waals surface area contributed by atoms with Crippen molar-refractivity contribution in [3.8, 4) is 0 Å². The number of nitrogens with one attached hydrogen (secondary N) is 1. The number of carbonyl (C=O) groups excluding carboxylic acids is 1. The van der Waals surface area contributed by atoms with E-state index in [1.165, 1.54) is 6.08 Å². The highest BCUT2D eigenvalue weighted by molar-refractivity contribution is 14.1. The highest BCUT2D eigenvalue weighted by Crippen LogP contribution is 2.21. The summed E-state index contributed by atoms with van der Waals surface area (Å²) >= 11 is 1.79. The smallest absolute Gasteiger partial charge is 0.273 e. The van der Waals surface area contributed by atoms with E-state index in [0.29, 0.717) is 0 Å². The van der Waals surface area contributed by atoms with Crippen LogP contribution in [0.4, 0.5) is 0 Å². The number of carbonyl (C=O) groups is 1. The number of amides is 1. The van der Waals surface area contributed by atoms with E-state index in [2.05, 4.69) is 16.2 Å². The fraction of sp³-hybridized carbons (Fsp3) is 0.364. The summed E-state index contributed by atoms with van der Waals surface area (Å²) in [7, 11) is 0. The normalized spacial score (nSPS) is 17.2. The van der Waals surface area contributed by atoms with Gasteiger partial charge in [-0.3, -0.25) is 8.32 Å². The zero-order valence-corrected chi connectivity index (χ0v) is 10.8. The fourth-order valence-electron chi connectivity index (χ4n) is 1.33. The van der Waals surface area contributed by atoms with Crippen LogP contribution in [0.2, 0.25) is 0 Å². The van der Waals surface area contributed by atoms with Crippen LogP contribution < -0.4 is 3.53 Å². The number of hydrogen-bond acceptors (Lipinski definition) is 2. The van der Waals surface area contributed by atoms with Crippen LogP contribution in [0, 0.1) is 0 Å². The molecule has 0 aromatic rings. The first-order valence-corrected chi connectivity index (χ1v) is 5.83. The van der Waals surface area contributed by atoms with Gasteiger partial charge in [-0.15, -0.1) is 0 Å². The molecule has 0 aromatic carbocycles. The minimum absolute atomic E-state index is 0.180. The fourth-order valence-corrected chi connectivity index (χ4v) is 1.64. The summed E-state index contributed by atoms with van der Waals surface area (Å²) < 4.78 is 8.11. The van der Waals surface area contributed by atoms with Gasteiger partial charge in [0.05, 0.1) is 22.9 Å². The van der Waals surface area contributed by atoms with Gasteiger partial charge in [0.1, 0.15) is 5.76 Å². The van der Waals surface area contributed by atoms with Crippen molar-refractivity contribution in [2.45, 2.75) is 25.9 Å². The highest BCUT2D eigenvalue weighted by atomic mass is 127. The largest absolute Gasteiger partial charge is 0.481 e. The molecule has 1 N–H and O–H groups in total. The van der Waals surface area contributed by atoms with Crippen LogP contribution in [0.1, 0.15) is 19.8 Å². The molecule has 0 radical (unpaired) electrons. The van der Waals surface area contributed by atoms with Gasteiger partial charge in [0.25, 0.3) is 5.91 Å². The summed E-state index contributed by atoms with van der Waals surface area (Å²) in [6.45, 7) is 5.57. The quantitative estimate of drug-likeness (QED) is 0.491. The van der Waals surface area contributed by atoms with Crippen LogP contribution >= 0.6 is 22.9 Å². The molecule has 0 saturated carbocycles. The summed E-state index contributed by atoms with van der Waals surface area (Å²) in [6.07, 6.45) is 6.83. The second-order valence-electron chi connectivity index (χ2n) is 3.28. The first kappa shape index (κ1) is 12.3. The molecule has 3 nitrogen and oxygen atoms in total. The molecule has 4 heteroatoms. The summed E-state index contributed by atoms with van der Waals surface area (Å²) in [5.74, 6) is 0.697. The van der Waals surface area contributed by atoms with Crippen molar-refractivity contribution >= 4 is 28.8 Å². The summed E-state index contributed by atoms with van der Waals surface area (Å²) in [6, 6.07) is 0. The molecule has 1 aliphatic rings. The number of ether oxygens (including phenoxy) is 1. The zero-order chi connectivity index (χ0) is 11.3. The van der Waals surface area contributed by atoms with Crippen molar-refractivity contribution in [2.75, 3.05) is 0 Å². The maximum Gasteiger partial charge on any atom is 0.273 e. The van der Waals surface area contributed by atoms with Crippen molar-refractivity contribution in [1.82, 2.24) is 3.53 Å². The molecule has 0 spiro atoms. The average molecular weight is 319 g/mol. The van der Waals surface area contributed by atoms with E-state index in [-0.39, 0.29) is 5.91 Å². The number of halogens is 1. The lowest BCUT2D eigenvalue weighted by atomic mass is 10.1. The molecule has 15 heavy (non-hydrogen) atoms. The highest BCUT2D eigenvalue weighted by Gasteiger charge is 2.18. The lowest BCUT2D eigenvalue weighted by molar-refractivity contribution is -0.125. The Morgan fingerprint density at radius 2 is 2.53 bits per heavy atom. The van der Waals surface area contributed by atoms with Crippen LogP contribution in [-0.4, -0.2) is 12.0 Å². The lowest BCUT2D eigenvalue weighted by Gasteiger charge is -2.19. The summed E-state index contributed by atoms with van der Waals surface area (Å²) in [5.41, 5.74) is 1.08. The summed E-state index contributed by atoms with van der Waals surface area (Å²) in [5, 5.41) is 0. The van der Waals surface area contributed by atoms with Gasteiger partial charge >= 0.3 is 0 Å². The molecule has 0 saturated heterocycles. The minimum atomic E-state index is -0.599. The van der Waals surface area contributed by atoms with E-state index >= 15 is 0 Å². The van der Waals surface area contributed by atoms with Crippen LogP contribution in [0.25, 0.3) is 0 Å². The topological polar surface area (TPSA) is 38.3 Å². The third-order valence-electron chi connectivity index (χ3n) is 2.18. The summed E-state index contributed by atoms with van der Waals surface area (Å²) in [4.78, 5) is 11.4. The monoisotopic (exact) mass is 319 g/mol. The van der Waals surface area contributed by atoms with Crippen molar-refractivity contribution in [1.29, 1.82) is 0 Å². The maximum atomic E-state index is 11.4. The molecular weight excluding hydrogens is 305 g/mol. The predicted octanol–water partition coefficient (Wildman–Crippen LogP) is 2.65. The van der Waals surface area contributed by atoms with E-state index in [0.717, 1.165) is 24.2 Å². The van der Waals surface area contributed by atoms with Crippen molar-refractivity contribution in [2.24, 2.45) is 0 Å². The zero-order valence-electron chi connectivity index (χ0n) is 8.63. The molecule has 82 valence electrons. The Kier molecular flexibility index (Phi) is 4.87. The second kappa shape index (κ2) is 5.95. The molecule has 1 aliphatic carbocycles. The molecule has 0 heterocycles. The van der Waals surface area contributed by atoms with Crippen LogP contribution in [0.5, 0.6) is 0 Å². The number of hydrogen-bond donors (Lipinski definition) is 1. The second-order valence-corrected chi connectivity index (χ2v) is 3.82. The number of allylic oxidation sites excluding steroid dienone is 4. The Balaban J connectivity index is 2.70. The lowest BCUT2D eigenvalue weighted by Crippen LogP contribution is -2.29. The minimum Gasteiger partial charge on any atom is -0.481 e. The SMILES string of the molecule is C=CC(OC1=C(C)C=CCC1)C(=O)NI.